The summed E-state index contributed by atoms with van der Waals surface area (Å²) in [7, 11) is 0. The Balaban J connectivity index is 1.67. The van der Waals surface area contributed by atoms with Gasteiger partial charge in [-0.3, -0.25) is 9.59 Å². The summed E-state index contributed by atoms with van der Waals surface area (Å²) in [4.78, 5) is 30.9. The monoisotopic (exact) mass is 313 g/mol. The van der Waals surface area contributed by atoms with E-state index in [9.17, 15) is 9.59 Å². The maximum Gasteiger partial charge on any atom is 0.267 e. The van der Waals surface area contributed by atoms with Gasteiger partial charge in [0.05, 0.1) is 11.0 Å². The number of hydrogen-bond donors (Lipinski definition) is 3. The lowest BCUT2D eigenvalue weighted by Gasteiger charge is -2.12. The summed E-state index contributed by atoms with van der Waals surface area (Å²) in [5.74, 6) is 0.878. The molecule has 0 atom stereocenters. The van der Waals surface area contributed by atoms with Crippen LogP contribution in [0.3, 0.4) is 0 Å². The number of hydrazone groups is 1. The van der Waals surface area contributed by atoms with E-state index < -0.39 is 0 Å². The van der Waals surface area contributed by atoms with E-state index in [0.29, 0.717) is 31.0 Å². The second-order valence-electron chi connectivity index (χ2n) is 5.90. The molecule has 1 aromatic carbocycles. The van der Waals surface area contributed by atoms with Gasteiger partial charge in [-0.1, -0.05) is 19.9 Å². The highest BCUT2D eigenvalue weighted by Crippen LogP contribution is 2.18. The number of nitrogens with zero attached hydrogens (tertiary/aromatic N) is 2. The molecule has 0 spiro atoms. The van der Waals surface area contributed by atoms with Crippen LogP contribution in [0.4, 0.5) is 0 Å². The standard InChI is InChI=1S/C16H19N5O2/c1-9(2)15-18-11-4-3-10(7-13(11)19-15)8-17-16(23)12-5-6-14(22)21-20-12/h3-4,7,9H,5-6,8H2,1-2H3,(H,17,23)(H,18,19)(H,21,22). The third kappa shape index (κ3) is 3.39. The van der Waals surface area contributed by atoms with Crippen molar-refractivity contribution < 1.29 is 9.59 Å². The first kappa shape index (κ1) is 15.2. The number of rotatable bonds is 4. The molecule has 2 heterocycles. The van der Waals surface area contributed by atoms with E-state index in [-0.39, 0.29) is 11.8 Å². The maximum atomic E-state index is 12.0. The minimum Gasteiger partial charge on any atom is -0.347 e. The highest BCUT2D eigenvalue weighted by molar-refractivity contribution is 6.39. The Morgan fingerprint density at radius 3 is 2.87 bits per heavy atom. The fourth-order valence-electron chi connectivity index (χ4n) is 2.38. The van der Waals surface area contributed by atoms with Gasteiger partial charge < -0.3 is 10.3 Å². The van der Waals surface area contributed by atoms with E-state index in [4.69, 9.17) is 0 Å². The number of H-pyrrole nitrogens is 1. The molecule has 3 N–H and O–H groups in total. The minimum atomic E-state index is -0.252. The fourth-order valence-corrected chi connectivity index (χ4v) is 2.38. The lowest BCUT2D eigenvalue weighted by atomic mass is 10.1. The molecule has 0 saturated carbocycles. The summed E-state index contributed by atoms with van der Waals surface area (Å²) in [6, 6.07) is 5.87. The van der Waals surface area contributed by atoms with E-state index in [1.807, 2.05) is 18.2 Å². The van der Waals surface area contributed by atoms with Crippen LogP contribution in [0.25, 0.3) is 11.0 Å². The topological polar surface area (TPSA) is 99.2 Å². The van der Waals surface area contributed by atoms with E-state index in [0.717, 1.165) is 22.4 Å². The van der Waals surface area contributed by atoms with Gasteiger partial charge in [-0.15, -0.1) is 0 Å². The molecule has 3 rings (SSSR count). The number of carbonyl (C=O) groups is 2. The molecule has 120 valence electrons. The van der Waals surface area contributed by atoms with Crippen molar-refractivity contribution in [1.29, 1.82) is 0 Å². The van der Waals surface area contributed by atoms with Gasteiger partial charge in [-0.05, 0) is 17.7 Å². The van der Waals surface area contributed by atoms with Gasteiger partial charge in [-0.25, -0.2) is 10.4 Å². The molecule has 0 saturated heterocycles. The number of fused-ring (bicyclic) bond motifs is 1. The largest absolute Gasteiger partial charge is 0.347 e. The molecule has 7 heteroatoms. The van der Waals surface area contributed by atoms with Gasteiger partial charge in [0.25, 0.3) is 5.91 Å². The van der Waals surface area contributed by atoms with Crippen LogP contribution in [-0.2, 0) is 16.1 Å². The summed E-state index contributed by atoms with van der Waals surface area (Å²) < 4.78 is 0. The van der Waals surface area contributed by atoms with E-state index >= 15 is 0 Å². The van der Waals surface area contributed by atoms with E-state index in [2.05, 4.69) is 39.7 Å². The van der Waals surface area contributed by atoms with Crippen LogP contribution in [0.2, 0.25) is 0 Å². The molecule has 1 aliphatic heterocycles. The number of benzene rings is 1. The average Bonchev–Trinajstić information content (AvgIpc) is 2.97. The molecule has 7 nitrogen and oxygen atoms in total. The van der Waals surface area contributed by atoms with Crippen LogP contribution in [0.5, 0.6) is 0 Å². The van der Waals surface area contributed by atoms with Crippen molar-refractivity contribution in [3.8, 4) is 0 Å². The van der Waals surface area contributed by atoms with Crippen molar-refractivity contribution in [3.63, 3.8) is 0 Å². The summed E-state index contributed by atoms with van der Waals surface area (Å²) in [6.45, 7) is 4.57. The molecule has 0 unspecified atom stereocenters. The Kier molecular flexibility index (Phi) is 4.10. The maximum absolute atomic E-state index is 12.0. The first-order valence-corrected chi connectivity index (χ1v) is 7.65. The Hall–Kier alpha value is -2.70. The molecule has 0 aliphatic carbocycles. The number of aromatic nitrogens is 2. The number of aromatic amines is 1. The van der Waals surface area contributed by atoms with Crippen LogP contribution >= 0.6 is 0 Å². The minimum absolute atomic E-state index is 0.160. The van der Waals surface area contributed by atoms with Crippen LogP contribution in [-0.4, -0.2) is 27.5 Å². The Bertz CT molecular complexity index is 791. The van der Waals surface area contributed by atoms with Crippen LogP contribution in [0.15, 0.2) is 23.3 Å². The van der Waals surface area contributed by atoms with Gasteiger partial charge in [0, 0.05) is 25.3 Å². The van der Waals surface area contributed by atoms with Gasteiger partial charge in [-0.2, -0.15) is 5.10 Å². The third-order valence-electron chi connectivity index (χ3n) is 3.73. The average molecular weight is 313 g/mol. The molecule has 0 radical (unpaired) electrons. The molecule has 2 aromatic rings. The molecule has 23 heavy (non-hydrogen) atoms. The van der Waals surface area contributed by atoms with Crippen LogP contribution in [0, 0.1) is 0 Å². The first-order chi connectivity index (χ1) is 11.0. The predicted molar refractivity (Wildman–Crippen MR) is 86.8 cm³/mol. The normalized spacial score (nSPS) is 14.7. The second kappa shape index (κ2) is 6.20. The lowest BCUT2D eigenvalue weighted by Crippen LogP contribution is -2.36. The third-order valence-corrected chi connectivity index (χ3v) is 3.73. The molecule has 2 amide bonds. The zero-order valence-electron chi connectivity index (χ0n) is 13.1. The number of amides is 2. The van der Waals surface area contributed by atoms with Crippen molar-refractivity contribution in [3.05, 3.63) is 29.6 Å². The van der Waals surface area contributed by atoms with Gasteiger partial charge in [0.1, 0.15) is 11.5 Å². The van der Waals surface area contributed by atoms with Crippen molar-refractivity contribution in [1.82, 2.24) is 20.7 Å². The number of imidazole rings is 1. The summed E-state index contributed by atoms with van der Waals surface area (Å²) >= 11 is 0. The van der Waals surface area contributed by atoms with Crippen molar-refractivity contribution in [2.75, 3.05) is 0 Å². The van der Waals surface area contributed by atoms with Crippen molar-refractivity contribution in [2.45, 2.75) is 39.2 Å². The Labute approximate surface area is 133 Å². The lowest BCUT2D eigenvalue weighted by molar-refractivity contribution is -0.121. The fraction of sp³-hybridized carbons (Fsp3) is 0.375. The zero-order chi connectivity index (χ0) is 16.4. The van der Waals surface area contributed by atoms with Gasteiger partial charge in [0.15, 0.2) is 0 Å². The number of hydrogen-bond acceptors (Lipinski definition) is 4. The van der Waals surface area contributed by atoms with Crippen molar-refractivity contribution in [2.24, 2.45) is 5.10 Å². The molecule has 0 bridgehead atoms. The van der Waals surface area contributed by atoms with Crippen LogP contribution in [0.1, 0.15) is 44.0 Å². The molecule has 1 aromatic heterocycles. The van der Waals surface area contributed by atoms with Crippen molar-refractivity contribution >= 4 is 28.6 Å². The quantitative estimate of drug-likeness (QED) is 0.799. The molecule has 1 aliphatic rings. The highest BCUT2D eigenvalue weighted by atomic mass is 16.2. The summed E-state index contributed by atoms with van der Waals surface area (Å²) in [6.07, 6.45) is 0.666. The van der Waals surface area contributed by atoms with Gasteiger partial charge >= 0.3 is 0 Å². The number of nitrogens with one attached hydrogen (secondary N) is 3. The van der Waals surface area contributed by atoms with E-state index in [1.54, 1.807) is 0 Å². The highest BCUT2D eigenvalue weighted by Gasteiger charge is 2.17. The molecule has 0 fully saturated rings. The smallest absolute Gasteiger partial charge is 0.267 e. The SMILES string of the molecule is CC(C)c1nc2ccc(CNC(=O)C3=NNC(=O)CC3)cc2[nH]1. The summed E-state index contributed by atoms with van der Waals surface area (Å²) in [5, 5.41) is 6.61. The second-order valence-corrected chi connectivity index (χ2v) is 5.90. The number of carbonyl (C=O) groups excluding carboxylic acids is 2. The summed E-state index contributed by atoms with van der Waals surface area (Å²) in [5.41, 5.74) is 5.54. The first-order valence-electron chi connectivity index (χ1n) is 7.65. The van der Waals surface area contributed by atoms with E-state index in [1.165, 1.54) is 0 Å². The Morgan fingerprint density at radius 1 is 1.35 bits per heavy atom. The van der Waals surface area contributed by atoms with Gasteiger partial charge in [0.2, 0.25) is 5.91 Å². The van der Waals surface area contributed by atoms with Crippen LogP contribution < -0.4 is 10.7 Å². The Morgan fingerprint density at radius 2 is 2.17 bits per heavy atom. The predicted octanol–water partition coefficient (Wildman–Crippen LogP) is 1.57. The molecular weight excluding hydrogens is 294 g/mol. The zero-order valence-corrected chi connectivity index (χ0v) is 13.1. The molecular formula is C16H19N5O2.